The summed E-state index contributed by atoms with van der Waals surface area (Å²) >= 11 is 6.12. The predicted molar refractivity (Wildman–Crippen MR) is 89.2 cm³/mol. The molecule has 3 rings (SSSR count). The molecule has 1 fully saturated rings. The summed E-state index contributed by atoms with van der Waals surface area (Å²) in [5.41, 5.74) is 2.45. The molecule has 2 aromatic rings. The molecule has 2 N–H and O–H groups in total. The zero-order valence-electron chi connectivity index (χ0n) is 12.9. The van der Waals surface area contributed by atoms with Crippen LogP contribution in [0, 0.1) is 6.92 Å². The molecule has 0 radical (unpaired) electrons. The molecule has 122 valence electrons. The number of hydrogen-bond donors (Lipinski definition) is 2. The van der Waals surface area contributed by atoms with Crippen LogP contribution in [0.2, 0.25) is 5.15 Å². The van der Waals surface area contributed by atoms with Gasteiger partial charge in [0.05, 0.1) is 24.6 Å². The van der Waals surface area contributed by atoms with Crippen LogP contribution in [0.4, 0.5) is 5.69 Å². The quantitative estimate of drug-likeness (QED) is 0.899. The number of nitrogens with one attached hydrogen (secondary N) is 2. The van der Waals surface area contributed by atoms with E-state index in [1.54, 1.807) is 10.7 Å². The molecular weight excluding hydrogens is 316 g/mol. The number of hydrogen-bond acceptors (Lipinski definition) is 4. The number of carbonyl (C=O) groups is 1. The zero-order chi connectivity index (χ0) is 16.2. The normalized spacial score (nSPS) is 17.9. The summed E-state index contributed by atoms with van der Waals surface area (Å²) < 4.78 is 7.00. The smallest absolute Gasteiger partial charge is 0.226 e. The molecule has 1 aliphatic heterocycles. The van der Waals surface area contributed by atoms with Gasteiger partial charge in [0.1, 0.15) is 5.15 Å². The highest BCUT2D eigenvalue weighted by atomic mass is 35.5. The van der Waals surface area contributed by atoms with Gasteiger partial charge in [-0.1, -0.05) is 11.6 Å². The maximum absolute atomic E-state index is 12.0. The lowest BCUT2D eigenvalue weighted by molar-refractivity contribution is -0.117. The van der Waals surface area contributed by atoms with E-state index >= 15 is 0 Å². The molecule has 0 aliphatic carbocycles. The van der Waals surface area contributed by atoms with Crippen molar-refractivity contribution < 1.29 is 9.53 Å². The number of aromatic nitrogens is 2. The molecule has 1 atom stereocenters. The van der Waals surface area contributed by atoms with E-state index in [0.29, 0.717) is 24.8 Å². The average molecular weight is 335 g/mol. The summed E-state index contributed by atoms with van der Waals surface area (Å²) in [6.45, 7) is 3.95. The lowest BCUT2D eigenvalue weighted by Gasteiger charge is -2.23. The van der Waals surface area contributed by atoms with Crippen molar-refractivity contribution in [3.05, 3.63) is 41.2 Å². The van der Waals surface area contributed by atoms with Crippen molar-refractivity contribution in [1.82, 2.24) is 15.1 Å². The Hall–Kier alpha value is -1.89. The van der Waals surface area contributed by atoms with E-state index in [1.807, 2.05) is 31.2 Å². The first-order chi connectivity index (χ1) is 11.1. The standard InChI is InChI=1S/C16H19ClN4O2/c1-11-8-15(17)21(20-11)14-4-2-12(3-5-14)19-16(22)9-13-10-23-7-6-18-13/h2-5,8,13,18H,6-7,9-10H2,1H3,(H,19,22)/t13-/m0/s1. The maximum atomic E-state index is 12.0. The average Bonchev–Trinajstić information content (AvgIpc) is 2.87. The second-order valence-corrected chi connectivity index (χ2v) is 5.93. The van der Waals surface area contributed by atoms with Crippen molar-refractivity contribution in [2.24, 2.45) is 0 Å². The second kappa shape index (κ2) is 7.12. The molecule has 6 nitrogen and oxygen atoms in total. The van der Waals surface area contributed by atoms with Gasteiger partial charge in [0.15, 0.2) is 0 Å². The van der Waals surface area contributed by atoms with Crippen LogP contribution < -0.4 is 10.6 Å². The topological polar surface area (TPSA) is 68.2 Å². The van der Waals surface area contributed by atoms with Crippen molar-refractivity contribution in [2.45, 2.75) is 19.4 Å². The Morgan fingerprint density at radius 2 is 2.26 bits per heavy atom. The lowest BCUT2D eigenvalue weighted by atomic mass is 10.2. The summed E-state index contributed by atoms with van der Waals surface area (Å²) in [4.78, 5) is 12.0. The first kappa shape index (κ1) is 16.0. The van der Waals surface area contributed by atoms with Gasteiger partial charge in [-0.25, -0.2) is 4.68 Å². The monoisotopic (exact) mass is 334 g/mol. The highest BCUT2D eigenvalue weighted by molar-refractivity contribution is 6.29. The number of anilines is 1. The van der Waals surface area contributed by atoms with Crippen LogP contribution in [0.5, 0.6) is 0 Å². The fraction of sp³-hybridized carbons (Fsp3) is 0.375. The van der Waals surface area contributed by atoms with E-state index in [0.717, 1.165) is 23.6 Å². The first-order valence-electron chi connectivity index (χ1n) is 7.55. The van der Waals surface area contributed by atoms with E-state index in [9.17, 15) is 4.79 Å². The lowest BCUT2D eigenvalue weighted by Crippen LogP contribution is -2.43. The van der Waals surface area contributed by atoms with Gasteiger partial charge in [-0.2, -0.15) is 5.10 Å². The van der Waals surface area contributed by atoms with Gasteiger partial charge in [0, 0.05) is 24.7 Å². The fourth-order valence-corrected chi connectivity index (χ4v) is 2.81. The number of carbonyl (C=O) groups excluding carboxylic acids is 1. The van der Waals surface area contributed by atoms with E-state index in [2.05, 4.69) is 15.7 Å². The Morgan fingerprint density at radius 1 is 1.48 bits per heavy atom. The molecule has 0 saturated carbocycles. The van der Waals surface area contributed by atoms with Crippen molar-refractivity contribution in [1.29, 1.82) is 0 Å². The molecule has 0 bridgehead atoms. The number of benzene rings is 1. The molecule has 1 saturated heterocycles. The van der Waals surface area contributed by atoms with Gasteiger partial charge in [-0.15, -0.1) is 0 Å². The Labute approximate surface area is 139 Å². The third kappa shape index (κ3) is 4.10. The number of ether oxygens (including phenoxy) is 1. The Morgan fingerprint density at radius 3 is 2.87 bits per heavy atom. The number of nitrogens with zero attached hydrogens (tertiary/aromatic N) is 2. The molecule has 1 aliphatic rings. The van der Waals surface area contributed by atoms with Gasteiger partial charge in [-0.3, -0.25) is 4.79 Å². The second-order valence-electron chi connectivity index (χ2n) is 5.55. The molecule has 2 heterocycles. The first-order valence-corrected chi connectivity index (χ1v) is 7.93. The van der Waals surface area contributed by atoms with Crippen LogP contribution in [-0.2, 0) is 9.53 Å². The van der Waals surface area contributed by atoms with Crippen molar-refractivity contribution in [3.63, 3.8) is 0 Å². The van der Waals surface area contributed by atoms with Crippen LogP contribution in [-0.4, -0.2) is 41.5 Å². The SMILES string of the molecule is Cc1cc(Cl)n(-c2ccc(NC(=O)C[C@H]3COCCN3)cc2)n1. The largest absolute Gasteiger partial charge is 0.378 e. The Kier molecular flexibility index (Phi) is 4.95. The molecule has 23 heavy (non-hydrogen) atoms. The number of aryl methyl sites for hydroxylation is 1. The van der Waals surface area contributed by atoms with Crippen molar-refractivity contribution >= 4 is 23.2 Å². The highest BCUT2D eigenvalue weighted by Crippen LogP contribution is 2.19. The van der Waals surface area contributed by atoms with Crippen LogP contribution in [0.3, 0.4) is 0 Å². The van der Waals surface area contributed by atoms with Gasteiger partial charge >= 0.3 is 0 Å². The van der Waals surface area contributed by atoms with Gasteiger partial charge in [0.2, 0.25) is 5.91 Å². The van der Waals surface area contributed by atoms with E-state index < -0.39 is 0 Å². The number of rotatable bonds is 4. The van der Waals surface area contributed by atoms with E-state index in [1.165, 1.54) is 0 Å². The summed E-state index contributed by atoms with van der Waals surface area (Å²) in [6, 6.07) is 9.30. The number of amides is 1. The highest BCUT2D eigenvalue weighted by Gasteiger charge is 2.16. The minimum Gasteiger partial charge on any atom is -0.378 e. The molecular formula is C16H19ClN4O2. The Bertz CT molecular complexity index is 678. The van der Waals surface area contributed by atoms with Crippen LogP contribution in [0.1, 0.15) is 12.1 Å². The summed E-state index contributed by atoms with van der Waals surface area (Å²) in [5.74, 6) is -0.0336. The van der Waals surface area contributed by atoms with Gasteiger partial charge < -0.3 is 15.4 Å². The minimum absolute atomic E-state index is 0.0336. The maximum Gasteiger partial charge on any atom is 0.226 e. The molecule has 1 aromatic carbocycles. The fourth-order valence-electron chi connectivity index (χ4n) is 2.52. The van der Waals surface area contributed by atoms with E-state index in [-0.39, 0.29) is 11.9 Å². The van der Waals surface area contributed by atoms with Crippen LogP contribution in [0.15, 0.2) is 30.3 Å². The summed E-state index contributed by atoms with van der Waals surface area (Å²) in [5, 5.41) is 11.0. The zero-order valence-corrected chi connectivity index (χ0v) is 13.6. The third-order valence-electron chi connectivity index (χ3n) is 3.61. The van der Waals surface area contributed by atoms with Crippen molar-refractivity contribution in [2.75, 3.05) is 25.1 Å². The summed E-state index contributed by atoms with van der Waals surface area (Å²) in [6.07, 6.45) is 0.395. The van der Waals surface area contributed by atoms with Crippen molar-refractivity contribution in [3.8, 4) is 5.69 Å². The molecule has 0 spiro atoms. The Balaban J connectivity index is 1.61. The predicted octanol–water partition coefficient (Wildman–Crippen LogP) is 2.15. The van der Waals surface area contributed by atoms with Crippen LogP contribution >= 0.6 is 11.6 Å². The molecule has 1 aromatic heterocycles. The third-order valence-corrected chi connectivity index (χ3v) is 3.88. The molecule has 7 heteroatoms. The number of morpholine rings is 1. The minimum atomic E-state index is -0.0336. The molecule has 0 unspecified atom stereocenters. The van der Waals surface area contributed by atoms with E-state index in [4.69, 9.17) is 16.3 Å². The van der Waals surface area contributed by atoms with Gasteiger partial charge in [0.25, 0.3) is 0 Å². The van der Waals surface area contributed by atoms with Crippen LogP contribution in [0.25, 0.3) is 5.69 Å². The number of halogens is 1. The molecule has 1 amide bonds. The summed E-state index contributed by atoms with van der Waals surface area (Å²) in [7, 11) is 0. The van der Waals surface area contributed by atoms with Gasteiger partial charge in [-0.05, 0) is 37.3 Å².